The third kappa shape index (κ3) is 6.60. The van der Waals surface area contributed by atoms with E-state index in [1.54, 1.807) is 43.5 Å². The number of rotatable bonds is 8. The van der Waals surface area contributed by atoms with Crippen molar-refractivity contribution in [1.82, 2.24) is 5.32 Å². The Kier molecular flexibility index (Phi) is 7.65. The Bertz CT molecular complexity index is 1000. The monoisotopic (exact) mass is 417 g/mol. The number of hydrogen-bond acceptors (Lipinski definition) is 3. The molecule has 0 aliphatic heterocycles. The fourth-order valence-electron chi connectivity index (χ4n) is 3.14. The lowest BCUT2D eigenvalue weighted by molar-refractivity contribution is 0.102. The van der Waals surface area contributed by atoms with E-state index < -0.39 is 0 Å². The summed E-state index contributed by atoms with van der Waals surface area (Å²) < 4.78 is 5.25. The van der Waals surface area contributed by atoms with Crippen molar-refractivity contribution in [3.8, 4) is 5.75 Å². The fourth-order valence-corrected chi connectivity index (χ4v) is 3.14. The van der Waals surface area contributed by atoms with Gasteiger partial charge in [0.05, 0.1) is 12.8 Å². The van der Waals surface area contributed by atoms with Crippen LogP contribution in [0.3, 0.4) is 0 Å². The van der Waals surface area contributed by atoms with Crippen LogP contribution in [0, 0.1) is 0 Å². The van der Waals surface area contributed by atoms with Gasteiger partial charge in [-0.2, -0.15) is 0 Å². The van der Waals surface area contributed by atoms with Gasteiger partial charge < -0.3 is 20.7 Å². The highest BCUT2D eigenvalue weighted by atomic mass is 16.5. The lowest BCUT2D eigenvalue weighted by Crippen LogP contribution is -2.36. The molecule has 0 aromatic heterocycles. The molecule has 0 radical (unpaired) electrons. The highest BCUT2D eigenvalue weighted by Crippen LogP contribution is 2.23. The number of hydrogen-bond donors (Lipinski definition) is 3. The Morgan fingerprint density at radius 3 is 2.26 bits per heavy atom. The van der Waals surface area contributed by atoms with Crippen LogP contribution in [-0.2, 0) is 6.42 Å². The summed E-state index contributed by atoms with van der Waals surface area (Å²) >= 11 is 0. The van der Waals surface area contributed by atoms with Gasteiger partial charge in [0.2, 0.25) is 0 Å². The first-order valence-electron chi connectivity index (χ1n) is 10.2. The highest BCUT2D eigenvalue weighted by molar-refractivity contribution is 6.05. The van der Waals surface area contributed by atoms with Crippen LogP contribution in [-0.4, -0.2) is 25.1 Å². The molecule has 0 bridgehead atoms. The van der Waals surface area contributed by atoms with Gasteiger partial charge in [-0.25, -0.2) is 4.79 Å². The van der Waals surface area contributed by atoms with Gasteiger partial charge in [0.15, 0.2) is 0 Å². The second-order valence-electron chi connectivity index (χ2n) is 7.26. The number of nitrogens with one attached hydrogen (secondary N) is 3. The minimum atomic E-state index is -0.271. The molecule has 6 heteroatoms. The van der Waals surface area contributed by atoms with Gasteiger partial charge in [0.25, 0.3) is 5.91 Å². The van der Waals surface area contributed by atoms with E-state index >= 15 is 0 Å². The lowest BCUT2D eigenvalue weighted by Gasteiger charge is -2.15. The zero-order chi connectivity index (χ0) is 22.1. The smallest absolute Gasteiger partial charge is 0.319 e. The molecule has 0 saturated heterocycles. The van der Waals surface area contributed by atoms with Gasteiger partial charge in [0, 0.05) is 17.3 Å². The van der Waals surface area contributed by atoms with Crippen molar-refractivity contribution >= 4 is 23.3 Å². The summed E-state index contributed by atoms with van der Waals surface area (Å²) in [6.07, 6.45) is 1.75. The van der Waals surface area contributed by atoms with Gasteiger partial charge >= 0.3 is 6.03 Å². The molecular weight excluding hydrogens is 390 g/mol. The van der Waals surface area contributed by atoms with Crippen molar-refractivity contribution in [2.75, 3.05) is 17.7 Å². The largest absolute Gasteiger partial charge is 0.495 e. The predicted octanol–water partition coefficient (Wildman–Crippen LogP) is 5.09. The van der Waals surface area contributed by atoms with Crippen molar-refractivity contribution < 1.29 is 14.3 Å². The van der Waals surface area contributed by atoms with E-state index in [2.05, 4.69) is 28.1 Å². The SMILES string of the molecule is COc1ccccc1NC(=O)c1ccc(NC(=O)NC(C)CCc2ccccc2)cc1. The Labute approximate surface area is 182 Å². The van der Waals surface area contributed by atoms with Crippen molar-refractivity contribution in [3.05, 3.63) is 90.0 Å². The van der Waals surface area contributed by atoms with Gasteiger partial charge in [-0.1, -0.05) is 42.5 Å². The molecule has 31 heavy (non-hydrogen) atoms. The Morgan fingerprint density at radius 1 is 0.871 bits per heavy atom. The third-order valence-corrected chi connectivity index (χ3v) is 4.85. The summed E-state index contributed by atoms with van der Waals surface area (Å²) in [4.78, 5) is 24.7. The molecule has 0 heterocycles. The maximum atomic E-state index is 12.5. The third-order valence-electron chi connectivity index (χ3n) is 4.85. The van der Waals surface area contributed by atoms with Gasteiger partial charge in [0.1, 0.15) is 5.75 Å². The van der Waals surface area contributed by atoms with E-state index in [4.69, 9.17) is 4.74 Å². The van der Waals surface area contributed by atoms with E-state index in [0.717, 1.165) is 12.8 Å². The molecular formula is C25H27N3O3. The molecule has 3 N–H and O–H groups in total. The number of urea groups is 1. The number of benzene rings is 3. The summed E-state index contributed by atoms with van der Waals surface area (Å²) in [5, 5.41) is 8.57. The minimum Gasteiger partial charge on any atom is -0.495 e. The Morgan fingerprint density at radius 2 is 1.55 bits per heavy atom. The average molecular weight is 418 g/mol. The standard InChI is InChI=1S/C25H27N3O3/c1-18(12-13-19-8-4-3-5-9-19)26-25(30)27-21-16-14-20(15-17-21)24(29)28-22-10-6-7-11-23(22)31-2/h3-11,14-18H,12-13H2,1-2H3,(H,28,29)(H2,26,27,30). The Hall–Kier alpha value is -3.80. The van der Waals surface area contributed by atoms with Gasteiger partial charge in [-0.3, -0.25) is 4.79 Å². The molecule has 0 aliphatic rings. The molecule has 0 saturated carbocycles. The topological polar surface area (TPSA) is 79.5 Å². The number of aryl methyl sites for hydroxylation is 1. The van der Waals surface area contributed by atoms with Crippen LogP contribution in [0.15, 0.2) is 78.9 Å². The number of methoxy groups -OCH3 is 1. The van der Waals surface area contributed by atoms with Crippen LogP contribution in [0.25, 0.3) is 0 Å². The number of amides is 3. The highest BCUT2D eigenvalue weighted by Gasteiger charge is 2.11. The molecule has 0 spiro atoms. The van der Waals surface area contributed by atoms with Crippen LogP contribution in [0.2, 0.25) is 0 Å². The van der Waals surface area contributed by atoms with E-state index in [1.165, 1.54) is 5.56 Å². The average Bonchev–Trinajstić information content (AvgIpc) is 2.79. The molecule has 1 unspecified atom stereocenters. The van der Waals surface area contributed by atoms with Gasteiger partial charge in [-0.05, 0) is 61.7 Å². The first-order chi connectivity index (χ1) is 15.0. The van der Waals surface area contributed by atoms with E-state index in [-0.39, 0.29) is 18.0 Å². The molecule has 1 atom stereocenters. The van der Waals surface area contributed by atoms with E-state index in [9.17, 15) is 9.59 Å². The molecule has 3 rings (SSSR count). The minimum absolute atomic E-state index is 0.0334. The number of carbonyl (C=O) groups excluding carboxylic acids is 2. The second-order valence-corrected chi connectivity index (χ2v) is 7.26. The first kappa shape index (κ1) is 21.9. The normalized spacial score (nSPS) is 11.3. The van der Waals surface area contributed by atoms with Crippen LogP contribution in [0.1, 0.15) is 29.3 Å². The molecule has 3 aromatic carbocycles. The molecule has 3 amide bonds. The van der Waals surface area contributed by atoms with Crippen molar-refractivity contribution in [2.45, 2.75) is 25.8 Å². The van der Waals surface area contributed by atoms with E-state index in [0.29, 0.717) is 22.7 Å². The number of carbonyl (C=O) groups is 2. The van der Waals surface area contributed by atoms with Crippen LogP contribution in [0.5, 0.6) is 5.75 Å². The van der Waals surface area contributed by atoms with Crippen LogP contribution in [0.4, 0.5) is 16.2 Å². The fraction of sp³-hybridized carbons (Fsp3) is 0.200. The van der Waals surface area contributed by atoms with E-state index in [1.807, 2.05) is 37.3 Å². The molecule has 160 valence electrons. The quantitative estimate of drug-likeness (QED) is 0.478. The Balaban J connectivity index is 1.49. The van der Waals surface area contributed by atoms with Crippen molar-refractivity contribution in [2.24, 2.45) is 0 Å². The molecule has 0 fully saturated rings. The zero-order valence-electron chi connectivity index (χ0n) is 17.7. The lowest BCUT2D eigenvalue weighted by atomic mass is 10.1. The maximum Gasteiger partial charge on any atom is 0.319 e. The van der Waals surface area contributed by atoms with Crippen LogP contribution < -0.4 is 20.7 Å². The van der Waals surface area contributed by atoms with Crippen molar-refractivity contribution in [1.29, 1.82) is 0 Å². The second kappa shape index (κ2) is 10.8. The number of para-hydroxylation sites is 2. The molecule has 3 aromatic rings. The van der Waals surface area contributed by atoms with Crippen molar-refractivity contribution in [3.63, 3.8) is 0 Å². The summed E-state index contributed by atoms with van der Waals surface area (Å²) in [6.45, 7) is 1.98. The van der Waals surface area contributed by atoms with Crippen LogP contribution >= 0.6 is 0 Å². The molecule has 0 aliphatic carbocycles. The summed E-state index contributed by atoms with van der Waals surface area (Å²) in [5.41, 5.74) is 2.94. The number of ether oxygens (including phenoxy) is 1. The molecule has 6 nitrogen and oxygen atoms in total. The summed E-state index contributed by atoms with van der Waals surface area (Å²) in [7, 11) is 1.55. The number of anilines is 2. The maximum absolute atomic E-state index is 12.5. The predicted molar refractivity (Wildman–Crippen MR) is 124 cm³/mol. The first-order valence-corrected chi connectivity index (χ1v) is 10.2. The van der Waals surface area contributed by atoms with Gasteiger partial charge in [-0.15, -0.1) is 0 Å². The zero-order valence-corrected chi connectivity index (χ0v) is 17.7. The summed E-state index contributed by atoms with van der Waals surface area (Å²) in [6, 6.07) is 23.9. The summed E-state index contributed by atoms with van der Waals surface area (Å²) in [5.74, 6) is 0.335.